The highest BCUT2D eigenvalue weighted by molar-refractivity contribution is 8.25. The quantitative estimate of drug-likeness (QED) is 0.658. The van der Waals surface area contributed by atoms with Crippen LogP contribution in [0.15, 0.2) is 41.3 Å². The second-order valence-corrected chi connectivity index (χ2v) is 7.12. The molecule has 0 fully saturated rings. The zero-order valence-corrected chi connectivity index (χ0v) is 12.1. The number of carbonyl (C=O) groups excluding carboxylic acids is 1. The predicted molar refractivity (Wildman–Crippen MR) is 80.8 cm³/mol. The first kappa shape index (κ1) is 15.5. The highest BCUT2D eigenvalue weighted by Gasteiger charge is 2.05. The molecule has 1 rings (SSSR count). The third-order valence-corrected chi connectivity index (χ3v) is 5.13. The lowest BCUT2D eigenvalue weighted by molar-refractivity contribution is -0.195. The van der Waals surface area contributed by atoms with Gasteiger partial charge in [-0.25, -0.2) is 0 Å². The molecule has 0 aromatic heterocycles. The lowest BCUT2D eigenvalue weighted by atomic mass is 10.3. The predicted octanol–water partition coefficient (Wildman–Crippen LogP) is 2.17. The van der Waals surface area contributed by atoms with Crippen LogP contribution in [0.5, 0.6) is 0 Å². The van der Waals surface area contributed by atoms with Gasteiger partial charge in [-0.15, -0.1) is 5.55 Å². The van der Waals surface area contributed by atoms with Crippen LogP contribution in [0.2, 0.25) is 0 Å². The summed E-state index contributed by atoms with van der Waals surface area (Å²) in [4.78, 5) is 12.7. The third kappa shape index (κ3) is 3.47. The van der Waals surface area contributed by atoms with Crippen LogP contribution in [0.4, 0.5) is 5.69 Å². The summed E-state index contributed by atoms with van der Waals surface area (Å²) in [5, 5.41) is 13.8. The molecule has 0 heterocycles. The monoisotopic (exact) mass is 280 g/mol. The molecule has 0 bridgehead atoms. The summed E-state index contributed by atoms with van der Waals surface area (Å²) in [6.07, 6.45) is 0. The Labute approximate surface area is 114 Å². The third-order valence-electron chi connectivity index (χ3n) is 2.62. The molecule has 1 atom stereocenters. The molecule has 104 valence electrons. The van der Waals surface area contributed by atoms with E-state index in [1.165, 1.54) is 0 Å². The highest BCUT2D eigenvalue weighted by atomic mass is 32.2. The molecule has 2 N–H and O–H groups in total. The van der Waals surface area contributed by atoms with Crippen LogP contribution >= 0.6 is 9.49 Å². The van der Waals surface area contributed by atoms with Crippen LogP contribution in [0.25, 0.3) is 0 Å². The van der Waals surface area contributed by atoms with Crippen molar-refractivity contribution in [2.24, 2.45) is 0 Å². The molecule has 1 unspecified atom stereocenters. The lowest BCUT2D eigenvalue weighted by Crippen LogP contribution is -2.11. The molecule has 0 aliphatic carbocycles. The Morgan fingerprint density at radius 1 is 1.32 bits per heavy atom. The van der Waals surface area contributed by atoms with Gasteiger partial charge in [0.15, 0.2) is 0 Å². The normalized spacial score (nSPS) is 13.3. The van der Waals surface area contributed by atoms with E-state index in [9.17, 15) is 14.5 Å². The van der Waals surface area contributed by atoms with Crippen molar-refractivity contribution in [2.45, 2.75) is 25.7 Å². The molecule has 0 radical (unpaired) electrons. The Balaban J connectivity index is 3.12. The molecule has 0 saturated heterocycles. The van der Waals surface area contributed by atoms with E-state index in [0.717, 1.165) is 0 Å². The number of carbonyl (C=O) groups is 1. The number of anilines is 1. The van der Waals surface area contributed by atoms with E-state index in [2.05, 4.69) is 11.9 Å². The van der Waals surface area contributed by atoms with E-state index in [4.69, 9.17) is 0 Å². The molecule has 0 spiro atoms. The molecule has 1 aromatic carbocycles. The number of hydrogen-bond donors (Lipinski definition) is 2. The van der Waals surface area contributed by atoms with E-state index in [1.54, 1.807) is 45.0 Å². The molecule has 1 amide bonds. The van der Waals surface area contributed by atoms with Crippen molar-refractivity contribution in [1.82, 2.24) is 0 Å². The Morgan fingerprint density at radius 2 is 1.84 bits per heavy atom. The second-order valence-electron chi connectivity index (χ2n) is 4.39. The van der Waals surface area contributed by atoms with Crippen molar-refractivity contribution in [3.8, 4) is 0 Å². The minimum absolute atomic E-state index is 0.260. The van der Waals surface area contributed by atoms with E-state index in [1.807, 2.05) is 0 Å². The Morgan fingerprint density at radius 3 is 2.21 bits per heavy atom. The highest BCUT2D eigenvalue weighted by Crippen LogP contribution is 2.32. The van der Waals surface area contributed by atoms with Crippen molar-refractivity contribution < 1.29 is 14.5 Å². The summed E-state index contributed by atoms with van der Waals surface area (Å²) in [5.41, 5.74) is 1.60. The van der Waals surface area contributed by atoms with E-state index < -0.39 is 9.49 Å². The maximum atomic E-state index is 11.4. The van der Waals surface area contributed by atoms with E-state index in [-0.39, 0.29) is 5.91 Å². The smallest absolute Gasteiger partial charge is 0.250 e. The Bertz CT molecular complexity index is 617. The fraction of sp³-hybridized carbons (Fsp3) is 0.214. The molecule has 0 aliphatic heterocycles. The molecule has 0 saturated carbocycles. The minimum atomic E-state index is -2.53. The first-order valence-electron chi connectivity index (χ1n) is 5.69. The van der Waals surface area contributed by atoms with Gasteiger partial charge in [-0.2, -0.15) is 0 Å². The zero-order valence-electron chi connectivity index (χ0n) is 11.3. The first-order valence-corrected chi connectivity index (χ1v) is 7.34. The van der Waals surface area contributed by atoms with Crippen LogP contribution in [0, 0.1) is 0 Å². The van der Waals surface area contributed by atoms with Crippen molar-refractivity contribution >= 4 is 31.5 Å². The standard InChI is InChI=1S/C14H19NO3S/c1-10(2)14(17)15-12-5-7-13(8-6-12)19(18,9-16)11(3)4/h5-9,16,18H,1H2,2-4H3,(H,15,17)/p-1. The van der Waals surface area contributed by atoms with Gasteiger partial charge < -0.3 is 15.0 Å². The van der Waals surface area contributed by atoms with Crippen molar-refractivity contribution in [3.63, 3.8) is 0 Å². The van der Waals surface area contributed by atoms with Crippen molar-refractivity contribution in [2.75, 3.05) is 5.32 Å². The average Bonchev–Trinajstić information content (AvgIpc) is 2.38. The SMILES string of the molecule is C=C(C)C(=O)Nc1ccc(S(O)(=C[O-])=C(C)C)cc1. The summed E-state index contributed by atoms with van der Waals surface area (Å²) in [6, 6.07) is 6.59. The number of hydrogen-bond acceptors (Lipinski definition) is 3. The van der Waals surface area contributed by atoms with Gasteiger partial charge in [0.1, 0.15) is 0 Å². The summed E-state index contributed by atoms with van der Waals surface area (Å²) < 4.78 is 10.3. The molecule has 4 nitrogen and oxygen atoms in total. The van der Waals surface area contributed by atoms with Gasteiger partial charge >= 0.3 is 0 Å². The van der Waals surface area contributed by atoms with E-state index >= 15 is 0 Å². The summed E-state index contributed by atoms with van der Waals surface area (Å²) in [5.74, 6) is -0.260. The van der Waals surface area contributed by atoms with Gasteiger partial charge in [0.25, 0.3) is 5.91 Å². The number of nitrogens with one attached hydrogen (secondary N) is 1. The average molecular weight is 280 g/mol. The van der Waals surface area contributed by atoms with Crippen LogP contribution in [0.1, 0.15) is 20.8 Å². The molecular weight excluding hydrogens is 262 g/mol. The lowest BCUT2D eigenvalue weighted by Gasteiger charge is -2.18. The van der Waals surface area contributed by atoms with Crippen LogP contribution < -0.4 is 10.4 Å². The fourth-order valence-electron chi connectivity index (χ4n) is 1.37. The van der Waals surface area contributed by atoms with Crippen molar-refractivity contribution in [3.05, 3.63) is 36.4 Å². The maximum absolute atomic E-state index is 11.4. The topological polar surface area (TPSA) is 72.4 Å². The van der Waals surface area contributed by atoms with Gasteiger partial charge in [0.2, 0.25) is 0 Å². The van der Waals surface area contributed by atoms with Gasteiger partial charge in [-0.05, 0) is 49.9 Å². The summed E-state index contributed by atoms with van der Waals surface area (Å²) >= 11 is 0. The molecule has 1 aromatic rings. The first-order chi connectivity index (χ1) is 8.81. The van der Waals surface area contributed by atoms with Gasteiger partial charge in [-0.3, -0.25) is 4.79 Å². The number of amides is 1. The Hall–Kier alpha value is -1.56. The minimum Gasteiger partial charge on any atom is -0.827 e. The molecule has 5 heteroatoms. The zero-order chi connectivity index (χ0) is 14.6. The van der Waals surface area contributed by atoms with Gasteiger partial charge in [0.05, 0.1) is 0 Å². The van der Waals surface area contributed by atoms with E-state index in [0.29, 0.717) is 26.6 Å². The largest absolute Gasteiger partial charge is 0.827 e. The molecule has 19 heavy (non-hydrogen) atoms. The second kappa shape index (κ2) is 6.06. The van der Waals surface area contributed by atoms with Crippen molar-refractivity contribution in [1.29, 1.82) is 0 Å². The number of benzene rings is 1. The number of rotatable bonds is 3. The van der Waals surface area contributed by atoms with Gasteiger partial charge in [0, 0.05) is 16.2 Å². The Kier molecular flexibility index (Phi) is 4.94. The summed E-state index contributed by atoms with van der Waals surface area (Å²) in [7, 11) is -2.53. The maximum Gasteiger partial charge on any atom is 0.250 e. The molecule has 0 aliphatic rings. The van der Waals surface area contributed by atoms with Gasteiger partial charge in [-0.1, -0.05) is 16.1 Å². The van der Waals surface area contributed by atoms with Crippen LogP contribution in [-0.4, -0.2) is 20.9 Å². The van der Waals surface area contributed by atoms with Crippen LogP contribution in [-0.2, 0) is 4.79 Å². The molecular formula is C14H18NO3S-. The van der Waals surface area contributed by atoms with Crippen LogP contribution in [0.3, 0.4) is 0 Å². The summed E-state index contributed by atoms with van der Waals surface area (Å²) in [6.45, 7) is 8.61. The fourth-order valence-corrected chi connectivity index (χ4v) is 2.70.